The molecule has 5 nitrogen and oxygen atoms in total. The molecule has 0 bridgehead atoms. The average Bonchev–Trinajstić information content (AvgIpc) is 2.83. The molecule has 1 fully saturated rings. The molecule has 0 aliphatic carbocycles. The summed E-state index contributed by atoms with van der Waals surface area (Å²) in [5.41, 5.74) is 1.51. The summed E-state index contributed by atoms with van der Waals surface area (Å²) in [6.07, 6.45) is 2.15. The molecule has 0 unspecified atom stereocenters. The predicted octanol–water partition coefficient (Wildman–Crippen LogP) is -0.00780. The lowest BCUT2D eigenvalue weighted by molar-refractivity contribution is 0.0581. The van der Waals surface area contributed by atoms with Crippen molar-refractivity contribution in [2.75, 3.05) is 27.4 Å². The van der Waals surface area contributed by atoms with Crippen molar-refractivity contribution in [1.82, 2.24) is 4.90 Å². The van der Waals surface area contributed by atoms with Crippen LogP contribution in [0.4, 0.5) is 0 Å². The highest BCUT2D eigenvalue weighted by atomic mass is 16.5. The monoisotopic (exact) mass is 293 g/mol. The van der Waals surface area contributed by atoms with Crippen LogP contribution in [-0.4, -0.2) is 61.6 Å². The molecule has 0 aromatic heterocycles. The van der Waals surface area contributed by atoms with Crippen LogP contribution in [0.25, 0.3) is 0 Å². The minimum Gasteiger partial charge on any atom is -0.423 e. The first-order chi connectivity index (χ1) is 10.2. The molecule has 1 aromatic carbocycles. The van der Waals surface area contributed by atoms with Crippen LogP contribution in [0.2, 0.25) is 0 Å². The maximum Gasteiger partial charge on any atom is 0.488 e. The standard InChI is InChI=1S/C15H24BNO4/c1-20-10-13-7-8-14(11-21-2)17(13)9-12-5-3-4-6-15(12)16(18)19/h3-6,13-14,18-19H,7-11H2,1-2H3/t13-,14-/m0/s1. The summed E-state index contributed by atoms with van der Waals surface area (Å²) in [6, 6.07) is 8.14. The summed E-state index contributed by atoms with van der Waals surface area (Å²) in [6.45, 7) is 2.05. The molecule has 0 radical (unpaired) electrons. The van der Waals surface area contributed by atoms with Gasteiger partial charge in [0.2, 0.25) is 0 Å². The summed E-state index contributed by atoms with van der Waals surface area (Å²) in [4.78, 5) is 2.36. The van der Waals surface area contributed by atoms with Crippen molar-refractivity contribution < 1.29 is 19.5 Å². The van der Waals surface area contributed by atoms with Gasteiger partial charge in [-0.3, -0.25) is 4.90 Å². The SMILES string of the molecule is COC[C@@H]1CC[C@@H](COC)N1Cc1ccccc1B(O)O. The van der Waals surface area contributed by atoms with Crippen molar-refractivity contribution in [3.8, 4) is 0 Å². The molecule has 1 heterocycles. The van der Waals surface area contributed by atoms with Crippen molar-refractivity contribution in [2.24, 2.45) is 0 Å². The highest BCUT2D eigenvalue weighted by Gasteiger charge is 2.34. The zero-order valence-electron chi connectivity index (χ0n) is 12.7. The highest BCUT2D eigenvalue weighted by Crippen LogP contribution is 2.26. The van der Waals surface area contributed by atoms with Gasteiger partial charge in [-0.15, -0.1) is 0 Å². The van der Waals surface area contributed by atoms with Gasteiger partial charge in [0.1, 0.15) is 0 Å². The van der Waals surface area contributed by atoms with Crippen molar-refractivity contribution in [3.05, 3.63) is 29.8 Å². The predicted molar refractivity (Wildman–Crippen MR) is 82.4 cm³/mol. The maximum atomic E-state index is 9.50. The van der Waals surface area contributed by atoms with E-state index in [4.69, 9.17) is 9.47 Å². The van der Waals surface area contributed by atoms with Gasteiger partial charge in [0, 0.05) is 32.8 Å². The number of likely N-dealkylation sites (tertiary alicyclic amines) is 1. The lowest BCUT2D eigenvalue weighted by atomic mass is 9.77. The number of ether oxygens (including phenoxy) is 2. The number of rotatable bonds is 7. The Hall–Kier alpha value is -0.915. The smallest absolute Gasteiger partial charge is 0.423 e. The molecule has 1 aromatic rings. The Kier molecular flexibility index (Phi) is 6.20. The van der Waals surface area contributed by atoms with Crippen LogP contribution in [0, 0.1) is 0 Å². The maximum absolute atomic E-state index is 9.50. The molecule has 1 saturated heterocycles. The second-order valence-electron chi connectivity index (χ2n) is 5.54. The number of hydrogen-bond acceptors (Lipinski definition) is 5. The molecule has 116 valence electrons. The minimum absolute atomic E-state index is 0.346. The molecule has 0 saturated carbocycles. The highest BCUT2D eigenvalue weighted by molar-refractivity contribution is 6.59. The first-order valence-electron chi connectivity index (χ1n) is 7.35. The number of methoxy groups -OCH3 is 2. The number of benzene rings is 1. The third-order valence-electron chi connectivity index (χ3n) is 4.18. The third-order valence-corrected chi connectivity index (χ3v) is 4.18. The van der Waals surface area contributed by atoms with Crippen LogP contribution in [0.3, 0.4) is 0 Å². The largest absolute Gasteiger partial charge is 0.488 e. The van der Waals surface area contributed by atoms with E-state index in [1.54, 1.807) is 20.3 Å². The molecular formula is C15H24BNO4. The quantitative estimate of drug-likeness (QED) is 0.693. The molecule has 0 spiro atoms. The fourth-order valence-electron chi connectivity index (χ4n) is 3.14. The molecule has 2 N–H and O–H groups in total. The van der Waals surface area contributed by atoms with Crippen LogP contribution in [0.1, 0.15) is 18.4 Å². The molecule has 2 rings (SSSR count). The summed E-state index contributed by atoms with van der Waals surface area (Å²) in [5.74, 6) is 0. The van der Waals surface area contributed by atoms with Crippen LogP contribution in [0.5, 0.6) is 0 Å². The van der Waals surface area contributed by atoms with E-state index in [-0.39, 0.29) is 0 Å². The summed E-state index contributed by atoms with van der Waals surface area (Å²) < 4.78 is 10.6. The normalized spacial score (nSPS) is 22.7. The number of nitrogens with zero attached hydrogens (tertiary/aromatic N) is 1. The Morgan fingerprint density at radius 2 is 1.67 bits per heavy atom. The third kappa shape index (κ3) is 4.05. The minimum atomic E-state index is -1.44. The van der Waals surface area contributed by atoms with Gasteiger partial charge in [-0.25, -0.2) is 0 Å². The van der Waals surface area contributed by atoms with E-state index in [2.05, 4.69) is 4.90 Å². The van der Waals surface area contributed by atoms with E-state index in [1.807, 2.05) is 18.2 Å². The van der Waals surface area contributed by atoms with E-state index in [9.17, 15) is 10.0 Å². The lowest BCUT2D eigenvalue weighted by Crippen LogP contribution is -2.42. The van der Waals surface area contributed by atoms with Crippen LogP contribution < -0.4 is 5.46 Å². The van der Waals surface area contributed by atoms with E-state index < -0.39 is 7.12 Å². The van der Waals surface area contributed by atoms with Gasteiger partial charge < -0.3 is 19.5 Å². The van der Waals surface area contributed by atoms with Gasteiger partial charge in [0.05, 0.1) is 13.2 Å². The van der Waals surface area contributed by atoms with Crippen molar-refractivity contribution >= 4 is 12.6 Å². The molecular weight excluding hydrogens is 269 g/mol. The van der Waals surface area contributed by atoms with Gasteiger partial charge >= 0.3 is 7.12 Å². The van der Waals surface area contributed by atoms with Crippen LogP contribution >= 0.6 is 0 Å². The average molecular weight is 293 g/mol. The number of hydrogen-bond donors (Lipinski definition) is 2. The zero-order chi connectivity index (χ0) is 15.2. The lowest BCUT2D eigenvalue weighted by Gasteiger charge is -2.30. The molecule has 2 atom stereocenters. The van der Waals surface area contributed by atoms with Gasteiger partial charge in [0.15, 0.2) is 0 Å². The van der Waals surface area contributed by atoms with Gasteiger partial charge in [-0.1, -0.05) is 24.3 Å². The Bertz CT molecular complexity index is 429. The Labute approximate surface area is 126 Å². The Morgan fingerprint density at radius 1 is 1.10 bits per heavy atom. The zero-order valence-corrected chi connectivity index (χ0v) is 12.7. The van der Waals surface area contributed by atoms with Crippen molar-refractivity contribution in [3.63, 3.8) is 0 Å². The first kappa shape index (κ1) is 16.5. The van der Waals surface area contributed by atoms with Crippen molar-refractivity contribution in [2.45, 2.75) is 31.5 Å². The molecule has 0 amide bonds. The summed E-state index contributed by atoms with van der Waals surface area (Å²) >= 11 is 0. The van der Waals surface area contributed by atoms with Crippen molar-refractivity contribution in [1.29, 1.82) is 0 Å². The fourth-order valence-corrected chi connectivity index (χ4v) is 3.14. The topological polar surface area (TPSA) is 62.2 Å². The van der Waals surface area contributed by atoms with Crippen LogP contribution in [-0.2, 0) is 16.0 Å². The van der Waals surface area contributed by atoms with Crippen LogP contribution in [0.15, 0.2) is 24.3 Å². The van der Waals surface area contributed by atoms with E-state index in [0.29, 0.717) is 37.3 Å². The fraction of sp³-hybridized carbons (Fsp3) is 0.600. The second kappa shape index (κ2) is 7.91. The molecule has 1 aliphatic rings. The Morgan fingerprint density at radius 3 is 2.19 bits per heavy atom. The first-order valence-corrected chi connectivity index (χ1v) is 7.35. The second-order valence-corrected chi connectivity index (χ2v) is 5.54. The van der Waals surface area contributed by atoms with Gasteiger partial charge in [-0.2, -0.15) is 0 Å². The van der Waals surface area contributed by atoms with E-state index in [0.717, 1.165) is 18.4 Å². The van der Waals surface area contributed by atoms with E-state index in [1.165, 1.54) is 0 Å². The summed E-state index contributed by atoms with van der Waals surface area (Å²) in [5, 5.41) is 19.0. The van der Waals surface area contributed by atoms with Gasteiger partial charge in [0.25, 0.3) is 0 Å². The Balaban J connectivity index is 2.17. The molecule has 6 heteroatoms. The summed E-state index contributed by atoms with van der Waals surface area (Å²) in [7, 11) is 1.99. The molecule has 21 heavy (non-hydrogen) atoms. The molecule has 1 aliphatic heterocycles. The van der Waals surface area contributed by atoms with E-state index >= 15 is 0 Å². The van der Waals surface area contributed by atoms with Gasteiger partial charge in [-0.05, 0) is 23.9 Å².